The van der Waals surface area contributed by atoms with Crippen molar-refractivity contribution in [2.24, 2.45) is 0 Å². The average Bonchev–Trinajstić information content (AvgIpc) is 3.16. The molecule has 0 amide bonds. The second-order valence-corrected chi connectivity index (χ2v) is 6.62. The van der Waals surface area contributed by atoms with Crippen LogP contribution in [0.1, 0.15) is 24.8 Å². The lowest BCUT2D eigenvalue weighted by atomic mass is 9.97. The van der Waals surface area contributed by atoms with Gasteiger partial charge >= 0.3 is 5.69 Å². The van der Waals surface area contributed by atoms with Crippen LogP contribution in [0.4, 0.5) is 10.1 Å². The van der Waals surface area contributed by atoms with Crippen molar-refractivity contribution in [2.75, 3.05) is 13.1 Å². The lowest BCUT2D eigenvalue weighted by molar-refractivity contribution is -0.385. The van der Waals surface area contributed by atoms with Gasteiger partial charge in [0.15, 0.2) is 0 Å². The molecule has 0 bridgehead atoms. The molecule has 3 rings (SSSR count). The van der Waals surface area contributed by atoms with Crippen LogP contribution in [-0.4, -0.2) is 49.9 Å². The van der Waals surface area contributed by atoms with E-state index in [1.165, 1.54) is 29.2 Å². The van der Waals surface area contributed by atoms with E-state index in [2.05, 4.69) is 16.9 Å². The highest BCUT2D eigenvalue weighted by molar-refractivity contribution is 5.22. The standard InChI is InChI=1S/C17H21FN4O3/c1-12-6-14(13-2-4-15(18)5-3-13)8-20(12)10-17(23)11-21-9-16(7-19-21)22(24)25/h2-5,7,9,12,14,17,23H,6,8,10-11H2,1H3/t12-,14-,17-/m1/s1. The number of aliphatic hydroxyl groups is 1. The first-order valence-electron chi connectivity index (χ1n) is 8.27. The Kier molecular flexibility index (Phi) is 5.10. The van der Waals surface area contributed by atoms with Crippen LogP contribution in [0, 0.1) is 15.9 Å². The third-order valence-corrected chi connectivity index (χ3v) is 4.72. The highest BCUT2D eigenvalue weighted by Gasteiger charge is 2.31. The van der Waals surface area contributed by atoms with E-state index in [4.69, 9.17) is 0 Å². The van der Waals surface area contributed by atoms with Crippen LogP contribution in [-0.2, 0) is 6.54 Å². The highest BCUT2D eigenvalue weighted by atomic mass is 19.1. The zero-order chi connectivity index (χ0) is 18.0. The smallest absolute Gasteiger partial charge is 0.306 e. The molecule has 1 N–H and O–H groups in total. The van der Waals surface area contributed by atoms with Crippen molar-refractivity contribution in [1.82, 2.24) is 14.7 Å². The summed E-state index contributed by atoms with van der Waals surface area (Å²) >= 11 is 0. The molecular weight excluding hydrogens is 327 g/mol. The first-order chi connectivity index (χ1) is 11.9. The number of rotatable bonds is 6. The van der Waals surface area contributed by atoms with Crippen molar-refractivity contribution >= 4 is 5.69 Å². The summed E-state index contributed by atoms with van der Waals surface area (Å²) in [5, 5.41) is 24.9. The van der Waals surface area contributed by atoms with Crippen molar-refractivity contribution in [2.45, 2.75) is 38.0 Å². The molecule has 2 heterocycles. The second-order valence-electron chi connectivity index (χ2n) is 6.62. The summed E-state index contributed by atoms with van der Waals surface area (Å²) in [6, 6.07) is 6.88. The van der Waals surface area contributed by atoms with Gasteiger partial charge in [-0.05, 0) is 37.0 Å². The van der Waals surface area contributed by atoms with Crippen LogP contribution in [0.2, 0.25) is 0 Å². The SMILES string of the molecule is C[C@@H]1C[C@@H](c2ccc(F)cc2)CN1C[C@@H](O)Cn1cc([N+](=O)[O-])cn1. The maximum atomic E-state index is 13.1. The van der Waals surface area contributed by atoms with E-state index in [1.807, 2.05) is 12.1 Å². The average molecular weight is 348 g/mol. The van der Waals surface area contributed by atoms with Crippen LogP contribution < -0.4 is 0 Å². The molecule has 1 fully saturated rings. The van der Waals surface area contributed by atoms with Crippen LogP contribution in [0.5, 0.6) is 0 Å². The zero-order valence-electron chi connectivity index (χ0n) is 14.0. The summed E-state index contributed by atoms with van der Waals surface area (Å²) in [4.78, 5) is 12.4. The Bertz CT molecular complexity index is 734. The fourth-order valence-electron chi connectivity index (χ4n) is 3.42. The molecule has 1 aliphatic rings. The van der Waals surface area contributed by atoms with E-state index in [1.54, 1.807) is 0 Å². The Balaban J connectivity index is 1.56. The Morgan fingerprint density at radius 1 is 1.40 bits per heavy atom. The van der Waals surface area contributed by atoms with Gasteiger partial charge in [-0.25, -0.2) is 4.39 Å². The molecule has 0 radical (unpaired) electrons. The third-order valence-electron chi connectivity index (χ3n) is 4.72. The molecular formula is C17H21FN4O3. The number of aromatic nitrogens is 2. The zero-order valence-corrected chi connectivity index (χ0v) is 14.0. The van der Waals surface area contributed by atoms with E-state index < -0.39 is 11.0 Å². The maximum absolute atomic E-state index is 13.1. The van der Waals surface area contributed by atoms with Crippen molar-refractivity contribution in [1.29, 1.82) is 0 Å². The van der Waals surface area contributed by atoms with Crippen LogP contribution >= 0.6 is 0 Å². The van der Waals surface area contributed by atoms with E-state index in [0.717, 1.165) is 18.5 Å². The number of hydrogen-bond donors (Lipinski definition) is 1. The first-order valence-corrected chi connectivity index (χ1v) is 8.27. The fraction of sp³-hybridized carbons (Fsp3) is 0.471. The number of likely N-dealkylation sites (tertiary alicyclic amines) is 1. The van der Waals surface area contributed by atoms with Crippen LogP contribution in [0.15, 0.2) is 36.7 Å². The van der Waals surface area contributed by atoms with E-state index in [0.29, 0.717) is 18.5 Å². The molecule has 0 spiro atoms. The molecule has 0 saturated carbocycles. The summed E-state index contributed by atoms with van der Waals surface area (Å²) < 4.78 is 14.5. The van der Waals surface area contributed by atoms with E-state index >= 15 is 0 Å². The summed E-state index contributed by atoms with van der Waals surface area (Å²) in [5.74, 6) is 0.0731. The molecule has 1 aromatic heterocycles. The van der Waals surface area contributed by atoms with Gasteiger partial charge in [-0.1, -0.05) is 12.1 Å². The largest absolute Gasteiger partial charge is 0.390 e. The molecule has 1 saturated heterocycles. The van der Waals surface area contributed by atoms with Crippen LogP contribution in [0.25, 0.3) is 0 Å². The fourth-order valence-corrected chi connectivity index (χ4v) is 3.42. The second kappa shape index (κ2) is 7.28. The van der Waals surface area contributed by atoms with Crippen molar-refractivity contribution in [3.8, 4) is 0 Å². The van der Waals surface area contributed by atoms with Crippen molar-refractivity contribution in [3.05, 3.63) is 58.2 Å². The number of nitrogens with zero attached hydrogens (tertiary/aromatic N) is 4. The summed E-state index contributed by atoms with van der Waals surface area (Å²) in [7, 11) is 0. The molecule has 3 atom stereocenters. The predicted octanol–water partition coefficient (Wildman–Crippen LogP) is 2.17. The van der Waals surface area contributed by atoms with Gasteiger partial charge in [0.05, 0.1) is 17.6 Å². The minimum atomic E-state index is -0.672. The van der Waals surface area contributed by atoms with Gasteiger partial charge in [-0.3, -0.25) is 19.7 Å². The summed E-state index contributed by atoms with van der Waals surface area (Å²) in [6.07, 6.45) is 2.77. The minimum Gasteiger partial charge on any atom is -0.390 e. The van der Waals surface area contributed by atoms with Gasteiger partial charge in [0.1, 0.15) is 18.2 Å². The Hall–Kier alpha value is -2.32. The molecule has 0 unspecified atom stereocenters. The Morgan fingerprint density at radius 2 is 2.12 bits per heavy atom. The maximum Gasteiger partial charge on any atom is 0.306 e. The summed E-state index contributed by atoms with van der Waals surface area (Å²) in [5.41, 5.74) is 1.02. The third kappa shape index (κ3) is 4.21. The molecule has 2 aromatic rings. The number of aliphatic hydroxyl groups excluding tert-OH is 1. The highest BCUT2D eigenvalue weighted by Crippen LogP contribution is 2.31. The number of halogens is 1. The molecule has 134 valence electrons. The number of β-amino-alcohol motifs (C(OH)–C–C–N with tert-alkyl or cyclic N) is 1. The molecule has 8 heteroatoms. The number of benzene rings is 1. The molecule has 1 aliphatic heterocycles. The molecule has 1 aromatic carbocycles. The van der Waals surface area contributed by atoms with Gasteiger partial charge in [-0.15, -0.1) is 0 Å². The number of hydrogen-bond acceptors (Lipinski definition) is 5. The van der Waals surface area contributed by atoms with E-state index in [9.17, 15) is 19.6 Å². The normalized spacial score (nSPS) is 22.2. The van der Waals surface area contributed by atoms with Gasteiger partial charge in [0.2, 0.25) is 0 Å². The quantitative estimate of drug-likeness (QED) is 0.639. The Labute approximate surface area is 144 Å². The van der Waals surface area contributed by atoms with Crippen molar-refractivity contribution in [3.63, 3.8) is 0 Å². The number of nitro groups is 1. The predicted molar refractivity (Wildman–Crippen MR) is 89.7 cm³/mol. The van der Waals surface area contributed by atoms with Crippen LogP contribution in [0.3, 0.4) is 0 Å². The van der Waals surface area contributed by atoms with Gasteiger partial charge < -0.3 is 5.11 Å². The topological polar surface area (TPSA) is 84.4 Å². The first kappa shape index (κ1) is 17.5. The van der Waals surface area contributed by atoms with Gasteiger partial charge in [-0.2, -0.15) is 5.10 Å². The minimum absolute atomic E-state index is 0.0851. The van der Waals surface area contributed by atoms with Crippen molar-refractivity contribution < 1.29 is 14.4 Å². The summed E-state index contributed by atoms with van der Waals surface area (Å²) in [6.45, 7) is 3.57. The molecule has 7 nitrogen and oxygen atoms in total. The van der Waals surface area contributed by atoms with Gasteiger partial charge in [0.25, 0.3) is 0 Å². The van der Waals surface area contributed by atoms with Gasteiger partial charge in [0, 0.05) is 19.1 Å². The Morgan fingerprint density at radius 3 is 2.76 bits per heavy atom. The molecule has 25 heavy (non-hydrogen) atoms. The lowest BCUT2D eigenvalue weighted by Gasteiger charge is -2.24. The molecule has 0 aliphatic carbocycles. The van der Waals surface area contributed by atoms with E-state index in [-0.39, 0.29) is 18.0 Å². The monoisotopic (exact) mass is 348 g/mol. The lowest BCUT2D eigenvalue weighted by Crippen LogP contribution is -2.37.